The molecule has 8 heteroatoms. The first-order valence-corrected chi connectivity index (χ1v) is 11.3. The lowest BCUT2D eigenvalue weighted by molar-refractivity contribution is -0.140. The summed E-state index contributed by atoms with van der Waals surface area (Å²) in [5.41, 5.74) is 1.71. The molecular weight excluding hydrogens is 408 g/mol. The maximum absolute atomic E-state index is 13.3. The number of nitrogens with zero attached hydrogens (tertiary/aromatic N) is 2. The van der Waals surface area contributed by atoms with E-state index < -0.39 is 23.8 Å². The van der Waals surface area contributed by atoms with Crippen molar-refractivity contribution in [3.63, 3.8) is 0 Å². The van der Waals surface area contributed by atoms with Gasteiger partial charge in [-0.2, -0.15) is 0 Å². The predicted molar refractivity (Wildman–Crippen MR) is 124 cm³/mol. The molecule has 1 aliphatic heterocycles. The van der Waals surface area contributed by atoms with E-state index in [4.69, 9.17) is 0 Å². The van der Waals surface area contributed by atoms with Gasteiger partial charge in [0.25, 0.3) is 0 Å². The molecule has 8 nitrogen and oxygen atoms in total. The van der Waals surface area contributed by atoms with Crippen LogP contribution in [-0.2, 0) is 14.4 Å². The first-order valence-electron chi connectivity index (χ1n) is 11.3. The Bertz CT molecular complexity index is 865. The van der Waals surface area contributed by atoms with Gasteiger partial charge in [-0.1, -0.05) is 19.1 Å². The van der Waals surface area contributed by atoms with Crippen LogP contribution in [0, 0.1) is 23.7 Å². The third-order valence-corrected chi connectivity index (χ3v) is 6.70. The number of aliphatic hydroxyl groups is 1. The second-order valence-electron chi connectivity index (χ2n) is 8.40. The number of hydrogen-bond donors (Lipinski definition) is 3. The summed E-state index contributed by atoms with van der Waals surface area (Å²) in [6, 6.07) is 6.84. The van der Waals surface area contributed by atoms with Crippen LogP contribution in [0.15, 0.2) is 36.4 Å². The number of allylic oxidation sites excluding steroid dienone is 1. The Morgan fingerprint density at radius 3 is 2.31 bits per heavy atom. The number of nitrogens with one attached hydrogen (secondary N) is 2. The number of amides is 3. The normalized spacial score (nSPS) is 26.6. The summed E-state index contributed by atoms with van der Waals surface area (Å²) in [7, 11) is 1.55. The summed E-state index contributed by atoms with van der Waals surface area (Å²) < 4.78 is 0. The van der Waals surface area contributed by atoms with E-state index in [1.54, 1.807) is 7.05 Å². The third-order valence-electron chi connectivity index (χ3n) is 6.70. The molecule has 3 rings (SSSR count). The van der Waals surface area contributed by atoms with Crippen LogP contribution in [0.1, 0.15) is 20.8 Å². The molecule has 0 saturated carbocycles. The van der Waals surface area contributed by atoms with E-state index in [0.29, 0.717) is 5.69 Å². The van der Waals surface area contributed by atoms with E-state index in [2.05, 4.69) is 29.4 Å². The van der Waals surface area contributed by atoms with Crippen LogP contribution in [0.25, 0.3) is 0 Å². The predicted octanol–water partition coefficient (Wildman–Crippen LogP) is 1.47. The number of likely N-dealkylation sites (tertiary alicyclic amines) is 1. The van der Waals surface area contributed by atoms with Crippen molar-refractivity contribution in [3.8, 4) is 0 Å². The fraction of sp³-hybridized carbons (Fsp3) is 0.542. The highest BCUT2D eigenvalue weighted by Gasteiger charge is 2.56. The number of carbonyl (C=O) groups excluding carboxylic acids is 3. The monoisotopic (exact) mass is 442 g/mol. The highest BCUT2D eigenvalue weighted by atomic mass is 16.3. The van der Waals surface area contributed by atoms with E-state index in [9.17, 15) is 19.5 Å². The van der Waals surface area contributed by atoms with E-state index in [-0.39, 0.29) is 36.8 Å². The second-order valence-corrected chi connectivity index (χ2v) is 8.40. The molecule has 0 bridgehead atoms. The molecule has 0 unspecified atom stereocenters. The minimum Gasteiger partial charge on any atom is -0.395 e. The van der Waals surface area contributed by atoms with Gasteiger partial charge in [0, 0.05) is 44.0 Å². The number of rotatable bonds is 8. The third kappa shape index (κ3) is 4.37. The molecule has 3 N–H and O–H groups in total. The highest BCUT2D eigenvalue weighted by molar-refractivity contribution is 6.02. The number of carbonyl (C=O) groups is 3. The van der Waals surface area contributed by atoms with Crippen LogP contribution in [0.5, 0.6) is 0 Å². The Morgan fingerprint density at radius 2 is 1.75 bits per heavy atom. The first-order chi connectivity index (χ1) is 15.4. The molecule has 0 spiro atoms. The zero-order valence-electron chi connectivity index (χ0n) is 19.2. The Hall–Kier alpha value is -2.87. The lowest BCUT2D eigenvalue weighted by Gasteiger charge is -2.32. The summed E-state index contributed by atoms with van der Waals surface area (Å²) in [5, 5.41) is 15.1. The second kappa shape index (κ2) is 10.2. The molecule has 0 radical (unpaired) electrons. The molecule has 174 valence electrons. The van der Waals surface area contributed by atoms with Crippen LogP contribution in [0.4, 0.5) is 11.4 Å². The molecule has 0 aromatic heterocycles. The summed E-state index contributed by atoms with van der Waals surface area (Å²) in [6.45, 7) is 7.66. The van der Waals surface area contributed by atoms with E-state index in [1.807, 2.05) is 43.3 Å². The quantitative estimate of drug-likeness (QED) is 0.530. The SMILES string of the molecule is CCN(CC)c1ccc(NC(=O)[C@@H]2[C@H]3C=C[C@@H](C)[C@@H](C(=O)NC)[C@@H]3C(=O)N2CCO)cc1. The van der Waals surface area contributed by atoms with Crippen LogP contribution in [0.2, 0.25) is 0 Å². The smallest absolute Gasteiger partial charge is 0.247 e. The molecule has 1 fully saturated rings. The molecule has 1 heterocycles. The zero-order chi connectivity index (χ0) is 23.4. The van der Waals surface area contributed by atoms with E-state index in [1.165, 1.54) is 4.90 Å². The summed E-state index contributed by atoms with van der Waals surface area (Å²) in [4.78, 5) is 42.8. The van der Waals surface area contributed by atoms with Crippen molar-refractivity contribution in [2.45, 2.75) is 26.8 Å². The Morgan fingerprint density at radius 1 is 1.09 bits per heavy atom. The molecule has 2 aliphatic rings. The van der Waals surface area contributed by atoms with Gasteiger partial charge in [0.15, 0.2) is 0 Å². The van der Waals surface area contributed by atoms with Gasteiger partial charge >= 0.3 is 0 Å². The fourth-order valence-electron chi connectivity index (χ4n) is 5.07. The number of benzene rings is 1. The summed E-state index contributed by atoms with van der Waals surface area (Å²) in [5.74, 6) is -2.50. The van der Waals surface area contributed by atoms with Crippen molar-refractivity contribution < 1.29 is 19.5 Å². The largest absolute Gasteiger partial charge is 0.395 e. The van der Waals surface area contributed by atoms with Crippen molar-refractivity contribution >= 4 is 29.1 Å². The molecule has 5 atom stereocenters. The standard InChI is InChI=1S/C24H34N4O4/c1-5-27(6-2)17-10-8-16(9-11-17)26-23(31)21-18-12-7-15(3)19(22(30)25-4)20(18)24(32)28(21)13-14-29/h7-12,15,18-21,29H,5-6,13-14H2,1-4H3,(H,25,30)(H,26,31)/t15-,18+,19-,20-,21+/m1/s1. The molecule has 32 heavy (non-hydrogen) atoms. The van der Waals surface area contributed by atoms with Gasteiger partial charge in [-0.15, -0.1) is 0 Å². The molecule has 1 saturated heterocycles. The molecule has 1 aromatic carbocycles. The van der Waals surface area contributed by atoms with Crippen LogP contribution >= 0.6 is 0 Å². The van der Waals surface area contributed by atoms with Gasteiger partial charge in [0.2, 0.25) is 17.7 Å². The molecule has 1 aromatic rings. The van der Waals surface area contributed by atoms with Crippen LogP contribution in [0.3, 0.4) is 0 Å². The van der Waals surface area contributed by atoms with Gasteiger partial charge in [-0.05, 0) is 44.0 Å². The maximum atomic E-state index is 13.3. The topological polar surface area (TPSA) is 102 Å². The van der Waals surface area contributed by atoms with Crippen molar-refractivity contribution in [2.24, 2.45) is 23.7 Å². The van der Waals surface area contributed by atoms with Crippen molar-refractivity contribution in [2.75, 3.05) is 43.5 Å². The Kier molecular flexibility index (Phi) is 7.56. The van der Waals surface area contributed by atoms with Gasteiger partial charge in [-0.3, -0.25) is 14.4 Å². The first kappa shape index (κ1) is 23.8. The zero-order valence-corrected chi connectivity index (χ0v) is 19.2. The van der Waals surface area contributed by atoms with E-state index >= 15 is 0 Å². The number of aliphatic hydroxyl groups excluding tert-OH is 1. The number of anilines is 2. The van der Waals surface area contributed by atoms with Gasteiger partial charge < -0.3 is 25.5 Å². The van der Waals surface area contributed by atoms with Crippen molar-refractivity contribution in [1.82, 2.24) is 10.2 Å². The van der Waals surface area contributed by atoms with Gasteiger partial charge in [-0.25, -0.2) is 0 Å². The minimum absolute atomic E-state index is 0.0491. The number of fused-ring (bicyclic) bond motifs is 1. The maximum Gasteiger partial charge on any atom is 0.247 e. The minimum atomic E-state index is -0.780. The highest BCUT2D eigenvalue weighted by Crippen LogP contribution is 2.44. The number of hydrogen-bond acceptors (Lipinski definition) is 5. The molecule has 1 aliphatic carbocycles. The van der Waals surface area contributed by atoms with E-state index in [0.717, 1.165) is 18.8 Å². The van der Waals surface area contributed by atoms with Crippen LogP contribution in [-0.4, -0.2) is 67.1 Å². The van der Waals surface area contributed by atoms with Crippen molar-refractivity contribution in [1.29, 1.82) is 0 Å². The lowest BCUT2D eigenvalue weighted by atomic mass is 9.70. The van der Waals surface area contributed by atoms with Gasteiger partial charge in [0.05, 0.1) is 18.4 Å². The summed E-state index contributed by atoms with van der Waals surface area (Å²) >= 11 is 0. The summed E-state index contributed by atoms with van der Waals surface area (Å²) in [6.07, 6.45) is 3.80. The molecular formula is C24H34N4O4. The number of β-amino-alcohol motifs (C(OH)–C–C–N with tert-alkyl or cyclic N) is 1. The average molecular weight is 443 g/mol. The average Bonchev–Trinajstić information content (AvgIpc) is 3.07. The van der Waals surface area contributed by atoms with Crippen molar-refractivity contribution in [3.05, 3.63) is 36.4 Å². The Labute approximate surface area is 189 Å². The fourth-order valence-corrected chi connectivity index (χ4v) is 5.07. The molecule has 3 amide bonds. The van der Waals surface area contributed by atoms with Gasteiger partial charge in [0.1, 0.15) is 6.04 Å². The lowest BCUT2D eigenvalue weighted by Crippen LogP contribution is -2.45. The van der Waals surface area contributed by atoms with Crippen LogP contribution < -0.4 is 15.5 Å². The Balaban J connectivity index is 1.86.